The molecule has 1 amide bonds. The van der Waals surface area contributed by atoms with Gasteiger partial charge in [-0.05, 0) is 31.9 Å². The summed E-state index contributed by atoms with van der Waals surface area (Å²) in [6.45, 7) is 0.577. The molecular formula is C10H9Br2N5O. The third-order valence-corrected chi connectivity index (χ3v) is 3.05. The number of carbonyl (C=O) groups excluding carboxylic acids is 1. The highest BCUT2D eigenvalue weighted by Gasteiger charge is 2.08. The summed E-state index contributed by atoms with van der Waals surface area (Å²) in [7, 11) is 0. The van der Waals surface area contributed by atoms with E-state index in [-0.39, 0.29) is 5.91 Å². The maximum atomic E-state index is 11.7. The van der Waals surface area contributed by atoms with Gasteiger partial charge in [0.1, 0.15) is 9.21 Å². The monoisotopic (exact) mass is 373 g/mol. The van der Waals surface area contributed by atoms with Crippen molar-refractivity contribution >= 4 is 43.6 Å². The predicted molar refractivity (Wildman–Crippen MR) is 72.9 cm³/mol. The number of carbonyl (C=O) groups is 1. The van der Waals surface area contributed by atoms with Crippen LogP contribution in [0.25, 0.3) is 0 Å². The van der Waals surface area contributed by atoms with E-state index in [2.05, 4.69) is 52.1 Å². The molecule has 0 saturated heterocycles. The normalized spacial score (nSPS) is 10.3. The Labute approximate surface area is 120 Å². The van der Waals surface area contributed by atoms with Crippen molar-refractivity contribution in [1.29, 1.82) is 0 Å². The number of aryl methyl sites for hydroxylation is 1. The van der Waals surface area contributed by atoms with Crippen LogP contribution in [-0.2, 0) is 11.3 Å². The van der Waals surface area contributed by atoms with Gasteiger partial charge in [0.2, 0.25) is 5.91 Å². The maximum Gasteiger partial charge on any atom is 0.227 e. The molecule has 6 nitrogen and oxygen atoms in total. The Bertz CT molecular complexity index is 543. The van der Waals surface area contributed by atoms with Gasteiger partial charge in [0.15, 0.2) is 5.82 Å². The second-order valence-corrected chi connectivity index (χ2v) is 4.99. The second-order valence-electron chi connectivity index (χ2n) is 3.43. The molecule has 2 rings (SSSR count). The molecule has 94 valence electrons. The van der Waals surface area contributed by atoms with Crippen molar-refractivity contribution < 1.29 is 4.79 Å². The molecule has 0 aromatic carbocycles. The Morgan fingerprint density at radius 3 is 2.94 bits per heavy atom. The maximum absolute atomic E-state index is 11.7. The zero-order valence-electron chi connectivity index (χ0n) is 9.18. The van der Waals surface area contributed by atoms with Gasteiger partial charge in [0, 0.05) is 25.4 Å². The lowest BCUT2D eigenvalue weighted by Crippen LogP contribution is -2.15. The van der Waals surface area contributed by atoms with Gasteiger partial charge >= 0.3 is 0 Å². The highest BCUT2D eigenvalue weighted by molar-refractivity contribution is 9.11. The van der Waals surface area contributed by atoms with Gasteiger partial charge in [-0.2, -0.15) is 0 Å². The number of halogens is 2. The number of hydrogen-bond donors (Lipinski definition) is 1. The van der Waals surface area contributed by atoms with E-state index in [9.17, 15) is 4.79 Å². The Morgan fingerprint density at radius 2 is 2.28 bits per heavy atom. The van der Waals surface area contributed by atoms with Crippen LogP contribution in [0, 0.1) is 0 Å². The van der Waals surface area contributed by atoms with E-state index >= 15 is 0 Å². The average Bonchev–Trinajstić information content (AvgIpc) is 2.83. The highest BCUT2D eigenvalue weighted by atomic mass is 79.9. The molecule has 2 aromatic rings. The molecule has 0 aliphatic carbocycles. The highest BCUT2D eigenvalue weighted by Crippen LogP contribution is 2.19. The smallest absolute Gasteiger partial charge is 0.227 e. The van der Waals surface area contributed by atoms with E-state index in [4.69, 9.17) is 0 Å². The fraction of sp³-hybridized carbons (Fsp3) is 0.200. The molecule has 0 aliphatic heterocycles. The first-order chi connectivity index (χ1) is 8.65. The quantitative estimate of drug-likeness (QED) is 0.890. The number of nitrogens with zero attached hydrogens (tertiary/aromatic N) is 4. The van der Waals surface area contributed by atoms with Crippen LogP contribution in [-0.4, -0.2) is 25.4 Å². The van der Waals surface area contributed by atoms with E-state index in [1.54, 1.807) is 12.5 Å². The van der Waals surface area contributed by atoms with Crippen LogP contribution in [0.15, 0.2) is 34.1 Å². The van der Waals surface area contributed by atoms with Gasteiger partial charge in [-0.3, -0.25) is 4.79 Å². The van der Waals surface area contributed by atoms with E-state index in [0.717, 1.165) is 0 Å². The number of amides is 1. The number of rotatable bonds is 4. The third kappa shape index (κ3) is 3.61. The molecule has 0 spiro atoms. The molecule has 1 N–H and O–H groups in total. The summed E-state index contributed by atoms with van der Waals surface area (Å²) < 4.78 is 2.93. The number of aromatic nitrogens is 4. The fourth-order valence-corrected chi connectivity index (χ4v) is 2.18. The third-order valence-electron chi connectivity index (χ3n) is 2.11. The molecule has 18 heavy (non-hydrogen) atoms. The van der Waals surface area contributed by atoms with E-state index in [1.807, 2.05) is 10.8 Å². The molecule has 2 heterocycles. The summed E-state index contributed by atoms with van der Waals surface area (Å²) in [5.74, 6) is 0.287. The molecule has 0 fully saturated rings. The fourth-order valence-electron chi connectivity index (χ4n) is 1.27. The topological polar surface area (TPSA) is 72.7 Å². The molecule has 2 aromatic heterocycles. The molecule has 0 saturated carbocycles. The summed E-state index contributed by atoms with van der Waals surface area (Å²) in [5, 5.41) is 2.69. The minimum absolute atomic E-state index is 0.124. The van der Waals surface area contributed by atoms with Gasteiger partial charge < -0.3 is 9.88 Å². The summed E-state index contributed by atoms with van der Waals surface area (Å²) in [5.41, 5.74) is 0. The van der Waals surface area contributed by atoms with Crippen molar-refractivity contribution in [2.75, 3.05) is 5.32 Å². The predicted octanol–water partition coefficient (Wildman–Crippen LogP) is 2.23. The van der Waals surface area contributed by atoms with Crippen molar-refractivity contribution in [2.24, 2.45) is 0 Å². The first-order valence-electron chi connectivity index (χ1n) is 5.09. The Hall–Kier alpha value is -1.28. The average molecular weight is 375 g/mol. The Balaban J connectivity index is 1.91. The van der Waals surface area contributed by atoms with Crippen LogP contribution >= 0.6 is 31.9 Å². The van der Waals surface area contributed by atoms with E-state index < -0.39 is 0 Å². The second kappa shape index (κ2) is 6.05. The molecule has 0 bridgehead atoms. The van der Waals surface area contributed by atoms with Crippen molar-refractivity contribution in [3.8, 4) is 0 Å². The Kier molecular flexibility index (Phi) is 4.43. The van der Waals surface area contributed by atoms with Crippen molar-refractivity contribution in [3.63, 3.8) is 0 Å². The van der Waals surface area contributed by atoms with Crippen LogP contribution in [0.4, 0.5) is 5.82 Å². The first kappa shape index (κ1) is 13.2. The summed E-state index contributed by atoms with van der Waals surface area (Å²) in [6, 6.07) is 0. The summed E-state index contributed by atoms with van der Waals surface area (Å²) in [4.78, 5) is 23.7. The molecular weight excluding hydrogens is 366 g/mol. The largest absolute Gasteiger partial charge is 0.337 e. The molecule has 0 unspecified atom stereocenters. The van der Waals surface area contributed by atoms with Gasteiger partial charge in [-0.15, -0.1) is 0 Å². The van der Waals surface area contributed by atoms with Crippen molar-refractivity contribution in [1.82, 2.24) is 19.5 Å². The molecule has 0 atom stereocenters. The molecule has 0 radical (unpaired) electrons. The lowest BCUT2D eigenvalue weighted by Gasteiger charge is -2.06. The Morgan fingerprint density at radius 1 is 1.44 bits per heavy atom. The SMILES string of the molecule is O=C(CCn1ccnc1)Nc1ncc(Br)nc1Br. The minimum Gasteiger partial charge on any atom is -0.337 e. The number of anilines is 1. The standard InChI is InChI=1S/C10H9Br2N5O/c11-7-5-14-10(9(12)15-7)16-8(18)1-3-17-4-2-13-6-17/h2,4-6H,1,3H2,(H,14,16,18). The lowest BCUT2D eigenvalue weighted by atomic mass is 10.4. The van der Waals surface area contributed by atoms with Gasteiger partial charge in [-0.25, -0.2) is 15.0 Å². The first-order valence-corrected chi connectivity index (χ1v) is 6.67. The molecule has 8 heteroatoms. The zero-order chi connectivity index (χ0) is 13.0. The van der Waals surface area contributed by atoms with Crippen molar-refractivity contribution in [3.05, 3.63) is 34.1 Å². The van der Waals surface area contributed by atoms with Gasteiger partial charge in [0.25, 0.3) is 0 Å². The minimum atomic E-state index is -0.124. The van der Waals surface area contributed by atoms with E-state index in [1.165, 1.54) is 6.20 Å². The van der Waals surface area contributed by atoms with Crippen LogP contribution in [0.5, 0.6) is 0 Å². The van der Waals surface area contributed by atoms with Gasteiger partial charge in [0.05, 0.1) is 12.5 Å². The summed E-state index contributed by atoms with van der Waals surface area (Å²) in [6.07, 6.45) is 7.02. The van der Waals surface area contributed by atoms with Gasteiger partial charge in [-0.1, -0.05) is 0 Å². The summed E-state index contributed by atoms with van der Waals surface area (Å²) >= 11 is 6.42. The number of imidazole rings is 1. The number of hydrogen-bond acceptors (Lipinski definition) is 4. The number of nitrogens with one attached hydrogen (secondary N) is 1. The van der Waals surface area contributed by atoms with E-state index in [0.29, 0.717) is 28.0 Å². The molecule has 0 aliphatic rings. The van der Waals surface area contributed by atoms with Crippen LogP contribution < -0.4 is 5.32 Å². The van der Waals surface area contributed by atoms with Crippen LogP contribution in [0.2, 0.25) is 0 Å². The zero-order valence-corrected chi connectivity index (χ0v) is 12.3. The van der Waals surface area contributed by atoms with Crippen LogP contribution in [0.3, 0.4) is 0 Å². The lowest BCUT2D eigenvalue weighted by molar-refractivity contribution is -0.116. The van der Waals surface area contributed by atoms with Crippen LogP contribution in [0.1, 0.15) is 6.42 Å². The van der Waals surface area contributed by atoms with Crippen molar-refractivity contribution in [2.45, 2.75) is 13.0 Å².